The fourth-order valence-electron chi connectivity index (χ4n) is 1.24. The maximum atomic E-state index is 11.5. The third-order valence-electron chi connectivity index (χ3n) is 2.30. The van der Waals surface area contributed by atoms with Gasteiger partial charge in [0.15, 0.2) is 0 Å². The van der Waals surface area contributed by atoms with E-state index in [1.54, 1.807) is 12.1 Å². The Labute approximate surface area is 108 Å². The van der Waals surface area contributed by atoms with Gasteiger partial charge < -0.3 is 10.6 Å². The molecule has 1 aliphatic rings. The van der Waals surface area contributed by atoms with Gasteiger partial charge in [0.1, 0.15) is 0 Å². The van der Waals surface area contributed by atoms with E-state index in [1.807, 2.05) is 0 Å². The second-order valence-electron chi connectivity index (χ2n) is 3.83. The van der Waals surface area contributed by atoms with Gasteiger partial charge >= 0.3 is 11.8 Å². The van der Waals surface area contributed by atoms with Crippen LogP contribution in [0.4, 0.5) is 5.69 Å². The fourth-order valence-corrected chi connectivity index (χ4v) is 1.54. The van der Waals surface area contributed by atoms with Gasteiger partial charge in [-0.25, -0.2) is 0 Å². The minimum Gasteiger partial charge on any atom is -0.345 e. The molecule has 6 heteroatoms. The van der Waals surface area contributed by atoms with Crippen molar-refractivity contribution in [1.29, 1.82) is 0 Å². The monoisotopic (exact) mass is 272 g/mol. The van der Waals surface area contributed by atoms with Crippen molar-refractivity contribution in [2.75, 3.05) is 5.32 Å². The van der Waals surface area contributed by atoms with Gasteiger partial charge in [-0.15, -0.1) is 0 Å². The highest BCUT2D eigenvalue weighted by Crippen LogP contribution is 2.25. The lowest BCUT2D eigenvalue weighted by atomic mass is 10.3. The summed E-state index contributed by atoms with van der Waals surface area (Å²) in [5.41, 5.74) is 0.440. The van der Waals surface area contributed by atoms with Gasteiger partial charge in [-0.2, -0.15) is 0 Å². The number of hydrogen-bond donors (Lipinski definition) is 2. The zero-order valence-electron chi connectivity index (χ0n) is 8.80. The molecule has 1 aliphatic carbocycles. The maximum absolute atomic E-state index is 11.5. The van der Waals surface area contributed by atoms with E-state index in [9.17, 15) is 9.59 Å². The number of rotatable bonds is 2. The van der Waals surface area contributed by atoms with Gasteiger partial charge in [0.2, 0.25) is 0 Å². The molecule has 0 radical (unpaired) electrons. The lowest BCUT2D eigenvalue weighted by molar-refractivity contribution is -0.136. The summed E-state index contributed by atoms with van der Waals surface area (Å²) in [4.78, 5) is 22.8. The Balaban J connectivity index is 1.96. The summed E-state index contributed by atoms with van der Waals surface area (Å²) in [6.07, 6.45) is 1.87. The normalized spacial score (nSPS) is 14.2. The fraction of sp³-hybridized carbons (Fsp3) is 0.273. The number of hydrogen-bond acceptors (Lipinski definition) is 2. The largest absolute Gasteiger partial charge is 0.345 e. The van der Waals surface area contributed by atoms with Gasteiger partial charge in [-0.05, 0) is 31.0 Å². The average Bonchev–Trinajstić information content (AvgIpc) is 3.07. The van der Waals surface area contributed by atoms with Gasteiger partial charge in [0.05, 0.1) is 10.0 Å². The van der Waals surface area contributed by atoms with Crippen molar-refractivity contribution in [3.8, 4) is 0 Å². The van der Waals surface area contributed by atoms with Crippen LogP contribution in [-0.2, 0) is 9.59 Å². The van der Waals surface area contributed by atoms with Crippen LogP contribution in [0.5, 0.6) is 0 Å². The number of anilines is 1. The molecule has 0 aromatic heterocycles. The van der Waals surface area contributed by atoms with Crippen LogP contribution in [0, 0.1) is 0 Å². The Bertz CT molecular complexity index is 473. The van der Waals surface area contributed by atoms with Gasteiger partial charge in [-0.3, -0.25) is 9.59 Å². The summed E-state index contributed by atoms with van der Waals surface area (Å²) < 4.78 is 0. The highest BCUT2D eigenvalue weighted by molar-refractivity contribution is 6.43. The predicted molar refractivity (Wildman–Crippen MR) is 66.3 cm³/mol. The van der Waals surface area contributed by atoms with Crippen molar-refractivity contribution in [3.05, 3.63) is 28.2 Å². The summed E-state index contributed by atoms with van der Waals surface area (Å²) in [5, 5.41) is 5.76. The summed E-state index contributed by atoms with van der Waals surface area (Å²) in [7, 11) is 0. The van der Waals surface area contributed by atoms with Crippen LogP contribution in [0.2, 0.25) is 10.0 Å². The first-order chi connectivity index (χ1) is 8.06. The predicted octanol–water partition coefficient (Wildman–Crippen LogP) is 2.21. The number of carbonyl (C=O) groups excluding carboxylic acids is 2. The quantitative estimate of drug-likeness (QED) is 0.811. The van der Waals surface area contributed by atoms with Crippen LogP contribution >= 0.6 is 23.2 Å². The van der Waals surface area contributed by atoms with Crippen LogP contribution in [0.3, 0.4) is 0 Å². The molecule has 0 spiro atoms. The van der Waals surface area contributed by atoms with E-state index in [-0.39, 0.29) is 6.04 Å². The van der Waals surface area contributed by atoms with Crippen LogP contribution in [-0.4, -0.2) is 17.9 Å². The van der Waals surface area contributed by atoms with Crippen molar-refractivity contribution in [1.82, 2.24) is 5.32 Å². The van der Waals surface area contributed by atoms with Crippen LogP contribution in [0.15, 0.2) is 18.2 Å². The van der Waals surface area contributed by atoms with Gasteiger partial charge in [0, 0.05) is 11.7 Å². The van der Waals surface area contributed by atoms with Crippen molar-refractivity contribution < 1.29 is 9.59 Å². The first-order valence-electron chi connectivity index (χ1n) is 5.13. The molecule has 90 valence electrons. The van der Waals surface area contributed by atoms with Crippen LogP contribution in [0.1, 0.15) is 12.8 Å². The number of nitrogens with one attached hydrogen (secondary N) is 2. The molecular weight excluding hydrogens is 263 g/mol. The summed E-state index contributed by atoms with van der Waals surface area (Å²) in [6.45, 7) is 0. The number of benzene rings is 1. The molecule has 0 bridgehead atoms. The van der Waals surface area contributed by atoms with Crippen molar-refractivity contribution >= 4 is 40.7 Å². The molecule has 2 rings (SSSR count). The van der Waals surface area contributed by atoms with Crippen LogP contribution in [0.25, 0.3) is 0 Å². The van der Waals surface area contributed by atoms with Crippen molar-refractivity contribution in [3.63, 3.8) is 0 Å². The Morgan fingerprint density at radius 3 is 2.41 bits per heavy atom. The third-order valence-corrected chi connectivity index (χ3v) is 3.04. The number of carbonyl (C=O) groups is 2. The molecule has 1 fully saturated rings. The van der Waals surface area contributed by atoms with E-state index in [0.717, 1.165) is 12.8 Å². The molecule has 0 aliphatic heterocycles. The molecule has 1 aromatic rings. The maximum Gasteiger partial charge on any atom is 0.313 e. The topological polar surface area (TPSA) is 58.2 Å². The molecule has 1 aromatic carbocycles. The van der Waals surface area contributed by atoms with Crippen molar-refractivity contribution in [2.45, 2.75) is 18.9 Å². The van der Waals surface area contributed by atoms with E-state index in [0.29, 0.717) is 15.7 Å². The lowest BCUT2D eigenvalue weighted by Crippen LogP contribution is -2.36. The Kier molecular flexibility index (Phi) is 3.54. The number of amides is 2. The number of halogens is 2. The first-order valence-corrected chi connectivity index (χ1v) is 5.89. The van der Waals surface area contributed by atoms with E-state index in [4.69, 9.17) is 23.2 Å². The Morgan fingerprint density at radius 1 is 1.12 bits per heavy atom. The molecule has 2 amide bonds. The van der Waals surface area contributed by atoms with Gasteiger partial charge in [0.25, 0.3) is 0 Å². The smallest absolute Gasteiger partial charge is 0.313 e. The van der Waals surface area contributed by atoms with Crippen LogP contribution < -0.4 is 10.6 Å². The molecule has 0 heterocycles. The highest BCUT2D eigenvalue weighted by atomic mass is 35.5. The molecule has 0 saturated heterocycles. The second kappa shape index (κ2) is 4.94. The standard InChI is InChI=1S/C11H10Cl2N2O2/c12-8-4-3-7(5-9(8)13)15-11(17)10(16)14-6-1-2-6/h3-6H,1-2H2,(H,14,16)(H,15,17). The Morgan fingerprint density at radius 2 is 1.82 bits per heavy atom. The lowest BCUT2D eigenvalue weighted by Gasteiger charge is -2.06. The Hall–Kier alpha value is -1.26. The van der Waals surface area contributed by atoms with Gasteiger partial charge in [-0.1, -0.05) is 23.2 Å². The van der Waals surface area contributed by atoms with Crippen molar-refractivity contribution in [2.24, 2.45) is 0 Å². The molecule has 17 heavy (non-hydrogen) atoms. The molecule has 4 nitrogen and oxygen atoms in total. The highest BCUT2D eigenvalue weighted by Gasteiger charge is 2.26. The van der Waals surface area contributed by atoms with E-state index < -0.39 is 11.8 Å². The average molecular weight is 273 g/mol. The third kappa shape index (κ3) is 3.35. The molecule has 0 atom stereocenters. The van der Waals surface area contributed by atoms with E-state index >= 15 is 0 Å². The molecule has 2 N–H and O–H groups in total. The molecule has 1 saturated carbocycles. The first kappa shape index (κ1) is 12.2. The zero-order valence-corrected chi connectivity index (χ0v) is 10.3. The SMILES string of the molecule is O=C(Nc1ccc(Cl)c(Cl)c1)C(=O)NC1CC1. The van der Waals surface area contributed by atoms with E-state index in [1.165, 1.54) is 6.07 Å². The van der Waals surface area contributed by atoms with E-state index in [2.05, 4.69) is 10.6 Å². The second-order valence-corrected chi connectivity index (χ2v) is 4.65. The molecule has 0 unspecified atom stereocenters. The zero-order chi connectivity index (χ0) is 12.4. The minimum absolute atomic E-state index is 0.155. The summed E-state index contributed by atoms with van der Waals surface area (Å²) >= 11 is 11.5. The summed E-state index contributed by atoms with van der Waals surface area (Å²) in [6, 6.07) is 4.78. The summed E-state index contributed by atoms with van der Waals surface area (Å²) in [5.74, 6) is -1.33. The minimum atomic E-state index is -0.699. The molecular formula is C11H10Cl2N2O2.